The first kappa shape index (κ1) is 20.1. The summed E-state index contributed by atoms with van der Waals surface area (Å²) in [6.45, 7) is 10.3. The van der Waals surface area contributed by atoms with Gasteiger partial charge in [0.1, 0.15) is 17.5 Å². The first-order valence-electron chi connectivity index (χ1n) is 10.0. The van der Waals surface area contributed by atoms with Gasteiger partial charge in [-0.25, -0.2) is 23.8 Å². The number of hydrogen-bond acceptors (Lipinski definition) is 5. The van der Waals surface area contributed by atoms with Crippen LogP contribution in [0.4, 0.5) is 15.0 Å². The number of carbonyl (C=O) groups is 1. The van der Waals surface area contributed by atoms with Gasteiger partial charge in [-0.3, -0.25) is 0 Å². The number of fused-ring (bicyclic) bond motifs is 1. The predicted molar refractivity (Wildman–Crippen MR) is 113 cm³/mol. The van der Waals surface area contributed by atoms with E-state index >= 15 is 0 Å². The number of aryl methyl sites for hydroxylation is 1. The van der Waals surface area contributed by atoms with Crippen LogP contribution >= 0.6 is 0 Å². The number of benzene rings is 1. The van der Waals surface area contributed by atoms with Gasteiger partial charge in [0.15, 0.2) is 5.65 Å². The van der Waals surface area contributed by atoms with Gasteiger partial charge < -0.3 is 15.1 Å². The Balaban J connectivity index is 1.58. The molecule has 0 spiro atoms. The minimum Gasteiger partial charge on any atom is -0.352 e. The molecule has 1 aromatic carbocycles. The highest BCUT2D eigenvalue weighted by molar-refractivity contribution is 5.88. The van der Waals surface area contributed by atoms with Gasteiger partial charge in [-0.15, -0.1) is 0 Å². The number of halogens is 1. The maximum atomic E-state index is 13.3. The average Bonchev–Trinajstić information content (AvgIpc) is 3.10. The Kier molecular flexibility index (Phi) is 5.05. The largest absolute Gasteiger partial charge is 0.352 e. The lowest BCUT2D eigenvalue weighted by Crippen LogP contribution is -2.55. The zero-order valence-electron chi connectivity index (χ0n) is 17.7. The van der Waals surface area contributed by atoms with Crippen LogP contribution in [0.15, 0.2) is 30.5 Å². The van der Waals surface area contributed by atoms with Gasteiger partial charge in [0.25, 0.3) is 0 Å². The molecule has 0 atom stereocenters. The summed E-state index contributed by atoms with van der Waals surface area (Å²) in [7, 11) is 0. The molecule has 1 N–H and O–H groups in total. The van der Waals surface area contributed by atoms with E-state index in [9.17, 15) is 9.18 Å². The monoisotopic (exact) mass is 411 g/mol. The Bertz CT molecular complexity index is 1060. The third-order valence-corrected chi connectivity index (χ3v) is 4.94. The number of carbonyl (C=O) groups excluding carboxylic acids is 1. The SMILES string of the molecule is Cc1nc(N2CCN(C(=O)NC(C)(C)C)CC2)c2cnn(-c3ccc(F)cc3)c2n1. The van der Waals surface area contributed by atoms with E-state index in [1.807, 2.05) is 32.6 Å². The molecule has 1 aliphatic rings. The predicted octanol–water partition coefficient (Wildman–Crippen LogP) is 2.89. The second kappa shape index (κ2) is 7.55. The second-order valence-electron chi connectivity index (χ2n) is 8.52. The number of nitrogens with zero attached hydrogens (tertiary/aromatic N) is 6. The Morgan fingerprint density at radius 2 is 1.73 bits per heavy atom. The van der Waals surface area contributed by atoms with Crippen molar-refractivity contribution in [3.8, 4) is 5.69 Å². The zero-order valence-corrected chi connectivity index (χ0v) is 17.7. The van der Waals surface area contributed by atoms with Gasteiger partial charge in [0.05, 0.1) is 17.3 Å². The fourth-order valence-corrected chi connectivity index (χ4v) is 3.53. The quantitative estimate of drug-likeness (QED) is 0.702. The van der Waals surface area contributed by atoms with Gasteiger partial charge in [-0.05, 0) is 52.0 Å². The molecule has 8 nitrogen and oxygen atoms in total. The lowest BCUT2D eigenvalue weighted by Gasteiger charge is -2.37. The minimum atomic E-state index is -0.296. The van der Waals surface area contributed by atoms with Crippen molar-refractivity contribution in [2.24, 2.45) is 0 Å². The standard InChI is InChI=1S/C21H26FN7O/c1-14-24-18(27-9-11-28(12-10-27)20(30)26-21(2,3)4)17-13-23-29(19(17)25-14)16-7-5-15(22)6-8-16/h5-8,13H,9-12H2,1-4H3,(H,26,30). The molecule has 1 aliphatic heterocycles. The maximum Gasteiger partial charge on any atom is 0.317 e. The van der Waals surface area contributed by atoms with E-state index in [4.69, 9.17) is 0 Å². The fourth-order valence-electron chi connectivity index (χ4n) is 3.53. The van der Waals surface area contributed by atoms with Crippen molar-refractivity contribution in [3.05, 3.63) is 42.1 Å². The lowest BCUT2D eigenvalue weighted by atomic mass is 10.1. The molecule has 1 fully saturated rings. The lowest BCUT2D eigenvalue weighted by molar-refractivity contribution is 0.185. The smallest absolute Gasteiger partial charge is 0.317 e. The molecular weight excluding hydrogens is 385 g/mol. The van der Waals surface area contributed by atoms with Crippen LogP contribution in [0.2, 0.25) is 0 Å². The highest BCUT2D eigenvalue weighted by atomic mass is 19.1. The third-order valence-electron chi connectivity index (χ3n) is 4.94. The van der Waals surface area contributed by atoms with Gasteiger partial charge in [-0.1, -0.05) is 0 Å². The summed E-state index contributed by atoms with van der Waals surface area (Å²) in [4.78, 5) is 25.7. The summed E-state index contributed by atoms with van der Waals surface area (Å²) >= 11 is 0. The highest BCUT2D eigenvalue weighted by Crippen LogP contribution is 2.26. The molecule has 4 rings (SSSR count). The van der Waals surface area contributed by atoms with Crippen molar-refractivity contribution < 1.29 is 9.18 Å². The van der Waals surface area contributed by atoms with Crippen LogP contribution in [0.25, 0.3) is 16.7 Å². The van der Waals surface area contributed by atoms with Crippen molar-refractivity contribution in [2.75, 3.05) is 31.1 Å². The summed E-state index contributed by atoms with van der Waals surface area (Å²) in [5.41, 5.74) is 1.15. The first-order valence-corrected chi connectivity index (χ1v) is 10.0. The van der Waals surface area contributed by atoms with Gasteiger partial charge in [0.2, 0.25) is 0 Å². The van der Waals surface area contributed by atoms with Crippen molar-refractivity contribution in [3.63, 3.8) is 0 Å². The maximum absolute atomic E-state index is 13.3. The molecule has 0 aliphatic carbocycles. The second-order valence-corrected chi connectivity index (χ2v) is 8.52. The van der Waals surface area contributed by atoms with E-state index in [-0.39, 0.29) is 17.4 Å². The normalized spacial score (nSPS) is 15.0. The minimum absolute atomic E-state index is 0.0460. The van der Waals surface area contributed by atoms with E-state index in [0.717, 1.165) is 16.9 Å². The summed E-state index contributed by atoms with van der Waals surface area (Å²) in [6, 6.07) is 6.10. The molecule has 30 heavy (non-hydrogen) atoms. The highest BCUT2D eigenvalue weighted by Gasteiger charge is 2.26. The molecule has 2 amide bonds. The van der Waals surface area contributed by atoms with Crippen LogP contribution in [0.1, 0.15) is 26.6 Å². The van der Waals surface area contributed by atoms with E-state index < -0.39 is 0 Å². The molecule has 2 aromatic heterocycles. The van der Waals surface area contributed by atoms with Crippen molar-refractivity contribution in [1.29, 1.82) is 0 Å². The molecule has 1 saturated heterocycles. The third kappa shape index (κ3) is 4.05. The van der Waals surface area contributed by atoms with E-state index in [1.165, 1.54) is 12.1 Å². The molecule has 9 heteroatoms. The van der Waals surface area contributed by atoms with E-state index in [1.54, 1.807) is 23.0 Å². The number of hydrogen-bond donors (Lipinski definition) is 1. The number of nitrogens with one attached hydrogen (secondary N) is 1. The number of amides is 2. The van der Waals surface area contributed by atoms with Gasteiger partial charge in [-0.2, -0.15) is 5.10 Å². The van der Waals surface area contributed by atoms with Crippen LogP contribution in [0.3, 0.4) is 0 Å². The average molecular weight is 411 g/mol. The molecule has 158 valence electrons. The summed E-state index contributed by atoms with van der Waals surface area (Å²) in [5, 5.41) is 8.31. The Hall–Kier alpha value is -3.23. The Morgan fingerprint density at radius 1 is 1.07 bits per heavy atom. The summed E-state index contributed by atoms with van der Waals surface area (Å²) in [5.74, 6) is 1.14. The first-order chi connectivity index (χ1) is 14.2. The number of urea groups is 1. The van der Waals surface area contributed by atoms with Crippen LogP contribution in [0.5, 0.6) is 0 Å². The Labute approximate surface area is 174 Å². The molecule has 3 heterocycles. The number of aromatic nitrogens is 4. The van der Waals surface area contributed by atoms with Crippen LogP contribution in [-0.2, 0) is 0 Å². The summed E-state index contributed by atoms with van der Waals surface area (Å²) in [6.07, 6.45) is 1.74. The number of piperazine rings is 1. The van der Waals surface area contributed by atoms with Gasteiger partial charge >= 0.3 is 6.03 Å². The zero-order chi connectivity index (χ0) is 21.5. The molecular formula is C21H26FN7O. The number of anilines is 1. The van der Waals surface area contributed by atoms with Crippen LogP contribution in [0, 0.1) is 12.7 Å². The molecule has 0 unspecified atom stereocenters. The molecule has 0 bridgehead atoms. The van der Waals surface area contributed by atoms with Crippen molar-refractivity contribution in [2.45, 2.75) is 33.2 Å². The van der Waals surface area contributed by atoms with E-state index in [2.05, 4.69) is 25.3 Å². The number of rotatable bonds is 2. The van der Waals surface area contributed by atoms with Crippen molar-refractivity contribution >= 4 is 22.9 Å². The van der Waals surface area contributed by atoms with Crippen molar-refractivity contribution in [1.82, 2.24) is 30.0 Å². The topological polar surface area (TPSA) is 79.2 Å². The van der Waals surface area contributed by atoms with Gasteiger partial charge in [0, 0.05) is 31.7 Å². The molecule has 0 radical (unpaired) electrons. The molecule has 3 aromatic rings. The van der Waals surface area contributed by atoms with E-state index in [0.29, 0.717) is 37.7 Å². The Morgan fingerprint density at radius 3 is 2.37 bits per heavy atom. The summed E-state index contributed by atoms with van der Waals surface area (Å²) < 4.78 is 15.0. The molecule has 0 saturated carbocycles. The fraction of sp³-hybridized carbons (Fsp3) is 0.429. The van der Waals surface area contributed by atoms with Crippen LogP contribution < -0.4 is 10.2 Å². The van der Waals surface area contributed by atoms with Crippen LogP contribution in [-0.4, -0.2) is 62.4 Å².